The summed E-state index contributed by atoms with van der Waals surface area (Å²) in [6.45, 7) is 4.15. The SMILES string of the molecule is Cc1ccc(C)c(C(N)c2ncccc2Br)c1. The maximum atomic E-state index is 6.29. The van der Waals surface area contributed by atoms with Gasteiger partial charge in [0, 0.05) is 10.7 Å². The van der Waals surface area contributed by atoms with Crippen molar-refractivity contribution in [1.82, 2.24) is 4.98 Å². The van der Waals surface area contributed by atoms with Crippen LogP contribution in [0.25, 0.3) is 0 Å². The smallest absolute Gasteiger partial charge is 0.0758 e. The number of aromatic nitrogens is 1. The van der Waals surface area contributed by atoms with Gasteiger partial charge in [-0.2, -0.15) is 0 Å². The number of aryl methyl sites for hydroxylation is 2. The summed E-state index contributed by atoms with van der Waals surface area (Å²) in [6, 6.07) is 9.99. The fraction of sp³-hybridized carbons (Fsp3) is 0.214. The van der Waals surface area contributed by atoms with Crippen LogP contribution in [0.4, 0.5) is 0 Å². The summed E-state index contributed by atoms with van der Waals surface area (Å²) in [6.07, 6.45) is 1.77. The van der Waals surface area contributed by atoms with E-state index in [4.69, 9.17) is 5.73 Å². The minimum Gasteiger partial charge on any atom is -0.319 e. The molecule has 0 amide bonds. The van der Waals surface area contributed by atoms with Crippen LogP contribution in [0.3, 0.4) is 0 Å². The second kappa shape index (κ2) is 4.98. The van der Waals surface area contributed by atoms with Gasteiger partial charge in [-0.1, -0.05) is 23.8 Å². The summed E-state index contributed by atoms with van der Waals surface area (Å²) in [4.78, 5) is 4.35. The van der Waals surface area contributed by atoms with Crippen LogP contribution in [0, 0.1) is 13.8 Å². The first-order valence-electron chi connectivity index (χ1n) is 5.52. The second-order valence-corrected chi connectivity index (χ2v) is 5.06. The lowest BCUT2D eigenvalue weighted by Gasteiger charge is -2.16. The predicted octanol–water partition coefficient (Wildman–Crippen LogP) is 3.51. The molecule has 0 radical (unpaired) electrons. The van der Waals surface area contributed by atoms with Gasteiger partial charge in [0.25, 0.3) is 0 Å². The Morgan fingerprint density at radius 2 is 2.00 bits per heavy atom. The molecule has 0 aliphatic heterocycles. The number of hydrogen-bond donors (Lipinski definition) is 1. The average molecular weight is 291 g/mol. The highest BCUT2D eigenvalue weighted by Crippen LogP contribution is 2.27. The number of hydrogen-bond acceptors (Lipinski definition) is 2. The normalized spacial score (nSPS) is 12.5. The maximum Gasteiger partial charge on any atom is 0.0758 e. The van der Waals surface area contributed by atoms with E-state index in [0.29, 0.717) is 0 Å². The van der Waals surface area contributed by atoms with Crippen molar-refractivity contribution in [3.63, 3.8) is 0 Å². The van der Waals surface area contributed by atoms with Gasteiger partial charge >= 0.3 is 0 Å². The Morgan fingerprint density at radius 3 is 2.71 bits per heavy atom. The summed E-state index contributed by atoms with van der Waals surface area (Å²) in [5.41, 5.74) is 10.7. The van der Waals surface area contributed by atoms with Crippen molar-refractivity contribution in [2.24, 2.45) is 5.73 Å². The van der Waals surface area contributed by atoms with Gasteiger partial charge in [-0.25, -0.2) is 0 Å². The number of nitrogens with zero attached hydrogens (tertiary/aromatic N) is 1. The fourth-order valence-corrected chi connectivity index (χ4v) is 2.37. The van der Waals surface area contributed by atoms with Crippen LogP contribution >= 0.6 is 15.9 Å². The van der Waals surface area contributed by atoms with E-state index >= 15 is 0 Å². The molecule has 0 aliphatic carbocycles. The third-order valence-electron chi connectivity index (χ3n) is 2.85. The van der Waals surface area contributed by atoms with Crippen LogP contribution in [0.5, 0.6) is 0 Å². The predicted molar refractivity (Wildman–Crippen MR) is 73.9 cm³/mol. The molecule has 2 aromatic rings. The molecule has 0 aliphatic rings. The van der Waals surface area contributed by atoms with E-state index in [1.165, 1.54) is 11.1 Å². The summed E-state index contributed by atoms with van der Waals surface area (Å²) < 4.78 is 0.952. The van der Waals surface area contributed by atoms with Gasteiger partial charge in [0.15, 0.2) is 0 Å². The minimum absolute atomic E-state index is 0.189. The van der Waals surface area contributed by atoms with Gasteiger partial charge in [0.2, 0.25) is 0 Å². The van der Waals surface area contributed by atoms with Crippen LogP contribution < -0.4 is 5.73 Å². The Balaban J connectivity index is 2.47. The van der Waals surface area contributed by atoms with Gasteiger partial charge in [-0.15, -0.1) is 0 Å². The lowest BCUT2D eigenvalue weighted by Crippen LogP contribution is -2.15. The molecule has 1 heterocycles. The van der Waals surface area contributed by atoms with Gasteiger partial charge in [-0.3, -0.25) is 4.98 Å². The molecule has 1 aromatic heterocycles. The molecule has 2 nitrogen and oxygen atoms in total. The van der Waals surface area contributed by atoms with E-state index in [-0.39, 0.29) is 6.04 Å². The van der Waals surface area contributed by atoms with Crippen molar-refractivity contribution >= 4 is 15.9 Å². The molecular formula is C14H15BrN2. The zero-order valence-electron chi connectivity index (χ0n) is 9.94. The summed E-state index contributed by atoms with van der Waals surface area (Å²) in [7, 11) is 0. The number of rotatable bonds is 2. The fourth-order valence-electron chi connectivity index (χ4n) is 1.87. The Hall–Kier alpha value is -1.19. The van der Waals surface area contributed by atoms with Crippen LogP contribution in [-0.2, 0) is 0 Å². The zero-order valence-corrected chi connectivity index (χ0v) is 11.5. The average Bonchev–Trinajstić information content (AvgIpc) is 2.32. The molecule has 1 atom stereocenters. The zero-order chi connectivity index (χ0) is 12.4. The van der Waals surface area contributed by atoms with E-state index in [1.807, 2.05) is 12.1 Å². The highest BCUT2D eigenvalue weighted by Gasteiger charge is 2.15. The van der Waals surface area contributed by atoms with E-state index < -0.39 is 0 Å². The van der Waals surface area contributed by atoms with Crippen molar-refractivity contribution in [3.05, 3.63) is 63.4 Å². The maximum absolute atomic E-state index is 6.29. The Kier molecular flexibility index (Phi) is 3.60. The molecule has 1 unspecified atom stereocenters. The van der Waals surface area contributed by atoms with Gasteiger partial charge < -0.3 is 5.73 Å². The van der Waals surface area contributed by atoms with Crippen LogP contribution in [0.15, 0.2) is 41.0 Å². The first-order chi connectivity index (χ1) is 8.09. The molecule has 0 saturated heterocycles. The number of pyridine rings is 1. The first kappa shape index (κ1) is 12.3. The highest BCUT2D eigenvalue weighted by molar-refractivity contribution is 9.10. The topological polar surface area (TPSA) is 38.9 Å². The third kappa shape index (κ3) is 2.56. The molecule has 0 saturated carbocycles. The Bertz CT molecular complexity index is 537. The standard InChI is InChI=1S/C14H15BrN2/c1-9-5-6-10(2)11(8-9)13(16)14-12(15)4-3-7-17-14/h3-8,13H,16H2,1-2H3. The quantitative estimate of drug-likeness (QED) is 0.919. The Labute approximate surface area is 110 Å². The molecule has 88 valence electrons. The monoisotopic (exact) mass is 290 g/mol. The van der Waals surface area contributed by atoms with E-state index in [0.717, 1.165) is 15.7 Å². The van der Waals surface area contributed by atoms with Crippen LogP contribution in [-0.4, -0.2) is 4.98 Å². The minimum atomic E-state index is -0.189. The molecule has 0 bridgehead atoms. The highest BCUT2D eigenvalue weighted by atomic mass is 79.9. The van der Waals surface area contributed by atoms with Crippen molar-refractivity contribution in [2.75, 3.05) is 0 Å². The van der Waals surface area contributed by atoms with Crippen molar-refractivity contribution in [2.45, 2.75) is 19.9 Å². The van der Waals surface area contributed by atoms with E-state index in [2.05, 4.69) is 53.0 Å². The van der Waals surface area contributed by atoms with Crippen molar-refractivity contribution < 1.29 is 0 Å². The molecular weight excluding hydrogens is 276 g/mol. The number of halogens is 1. The summed E-state index contributed by atoms with van der Waals surface area (Å²) >= 11 is 3.49. The summed E-state index contributed by atoms with van der Waals surface area (Å²) in [5, 5.41) is 0. The first-order valence-corrected chi connectivity index (χ1v) is 6.32. The second-order valence-electron chi connectivity index (χ2n) is 4.21. The van der Waals surface area contributed by atoms with Gasteiger partial charge in [-0.05, 0) is 53.0 Å². The largest absolute Gasteiger partial charge is 0.319 e. The molecule has 1 aromatic carbocycles. The van der Waals surface area contributed by atoms with Crippen molar-refractivity contribution in [3.8, 4) is 0 Å². The van der Waals surface area contributed by atoms with Gasteiger partial charge in [0.05, 0.1) is 11.7 Å². The number of nitrogens with two attached hydrogens (primary N) is 1. The van der Waals surface area contributed by atoms with E-state index in [1.54, 1.807) is 6.20 Å². The van der Waals surface area contributed by atoms with Crippen molar-refractivity contribution in [1.29, 1.82) is 0 Å². The molecule has 3 heteroatoms. The summed E-state index contributed by atoms with van der Waals surface area (Å²) in [5.74, 6) is 0. The lowest BCUT2D eigenvalue weighted by atomic mass is 9.97. The third-order valence-corrected chi connectivity index (χ3v) is 3.52. The molecule has 17 heavy (non-hydrogen) atoms. The Morgan fingerprint density at radius 1 is 1.24 bits per heavy atom. The van der Waals surface area contributed by atoms with Gasteiger partial charge in [0.1, 0.15) is 0 Å². The number of benzene rings is 1. The van der Waals surface area contributed by atoms with E-state index in [9.17, 15) is 0 Å². The molecule has 0 spiro atoms. The molecule has 2 rings (SSSR count). The molecule has 2 N–H and O–H groups in total. The van der Waals surface area contributed by atoms with Crippen LogP contribution in [0.2, 0.25) is 0 Å². The van der Waals surface area contributed by atoms with Crippen LogP contribution in [0.1, 0.15) is 28.4 Å². The lowest BCUT2D eigenvalue weighted by molar-refractivity contribution is 0.813. The molecule has 0 fully saturated rings.